The standard InChI is InChI=1S/C19H20N2O4/c1-13-6-5-9-17(20-13)25-14-10-11-21(12-14)18(22)15-7-3-4-8-16(15)19(23)24-2/h3-9,14H,10-12H2,1-2H3/t14-/m0/s1. The maximum absolute atomic E-state index is 12.8. The maximum Gasteiger partial charge on any atom is 0.338 e. The van der Waals surface area contributed by atoms with Crippen LogP contribution in [0.2, 0.25) is 0 Å². The Morgan fingerprint density at radius 3 is 2.60 bits per heavy atom. The van der Waals surface area contributed by atoms with Gasteiger partial charge in [0.2, 0.25) is 5.88 Å². The molecule has 1 aliphatic rings. The van der Waals surface area contributed by atoms with Gasteiger partial charge in [0.05, 0.1) is 24.8 Å². The Morgan fingerprint density at radius 2 is 1.88 bits per heavy atom. The fourth-order valence-corrected chi connectivity index (χ4v) is 2.89. The first kappa shape index (κ1) is 17.0. The molecule has 1 aromatic carbocycles. The Morgan fingerprint density at radius 1 is 1.12 bits per heavy atom. The van der Waals surface area contributed by atoms with Gasteiger partial charge in [-0.15, -0.1) is 0 Å². The maximum atomic E-state index is 12.8. The van der Waals surface area contributed by atoms with E-state index in [1.165, 1.54) is 7.11 Å². The molecule has 6 heteroatoms. The zero-order valence-electron chi connectivity index (χ0n) is 14.3. The zero-order valence-corrected chi connectivity index (χ0v) is 14.3. The second kappa shape index (κ2) is 7.34. The zero-order chi connectivity index (χ0) is 17.8. The van der Waals surface area contributed by atoms with Gasteiger partial charge in [0.1, 0.15) is 6.10 Å². The van der Waals surface area contributed by atoms with E-state index in [4.69, 9.17) is 9.47 Å². The van der Waals surface area contributed by atoms with Crippen molar-refractivity contribution >= 4 is 11.9 Å². The molecule has 1 saturated heterocycles. The van der Waals surface area contributed by atoms with E-state index in [1.54, 1.807) is 29.2 Å². The lowest BCUT2D eigenvalue weighted by Gasteiger charge is -2.18. The molecule has 3 rings (SSSR count). The van der Waals surface area contributed by atoms with Crippen molar-refractivity contribution in [2.75, 3.05) is 20.2 Å². The van der Waals surface area contributed by atoms with E-state index in [0.29, 0.717) is 24.5 Å². The van der Waals surface area contributed by atoms with E-state index in [-0.39, 0.29) is 17.6 Å². The first-order chi connectivity index (χ1) is 12.1. The molecule has 0 aliphatic carbocycles. The largest absolute Gasteiger partial charge is 0.472 e. The average Bonchev–Trinajstić information content (AvgIpc) is 3.09. The monoisotopic (exact) mass is 340 g/mol. The molecule has 1 aromatic heterocycles. The molecule has 1 atom stereocenters. The van der Waals surface area contributed by atoms with Crippen molar-refractivity contribution in [2.45, 2.75) is 19.4 Å². The number of rotatable bonds is 4. The Labute approximate surface area is 146 Å². The molecule has 1 fully saturated rings. The van der Waals surface area contributed by atoms with Crippen LogP contribution in [0.15, 0.2) is 42.5 Å². The minimum absolute atomic E-state index is 0.108. The van der Waals surface area contributed by atoms with Gasteiger partial charge in [0, 0.05) is 24.7 Å². The van der Waals surface area contributed by atoms with Crippen LogP contribution in [0.4, 0.5) is 0 Å². The normalized spacial score (nSPS) is 16.6. The van der Waals surface area contributed by atoms with Gasteiger partial charge in [-0.2, -0.15) is 0 Å². The van der Waals surface area contributed by atoms with E-state index >= 15 is 0 Å². The van der Waals surface area contributed by atoms with Crippen LogP contribution in [0.25, 0.3) is 0 Å². The summed E-state index contributed by atoms with van der Waals surface area (Å²) in [5.41, 5.74) is 1.51. The van der Waals surface area contributed by atoms with Gasteiger partial charge in [-0.25, -0.2) is 9.78 Å². The quantitative estimate of drug-likeness (QED) is 0.800. The highest BCUT2D eigenvalue weighted by Gasteiger charge is 2.30. The predicted octanol–water partition coefficient (Wildman–Crippen LogP) is 2.47. The average molecular weight is 340 g/mol. The van der Waals surface area contributed by atoms with Crippen LogP contribution in [-0.4, -0.2) is 48.1 Å². The van der Waals surface area contributed by atoms with E-state index in [9.17, 15) is 9.59 Å². The molecule has 0 bridgehead atoms. The predicted molar refractivity (Wildman–Crippen MR) is 91.7 cm³/mol. The summed E-state index contributed by atoms with van der Waals surface area (Å²) >= 11 is 0. The van der Waals surface area contributed by atoms with Crippen molar-refractivity contribution in [3.05, 3.63) is 59.3 Å². The summed E-state index contributed by atoms with van der Waals surface area (Å²) in [7, 11) is 1.30. The highest BCUT2D eigenvalue weighted by Crippen LogP contribution is 2.20. The topological polar surface area (TPSA) is 68.7 Å². The molecule has 2 heterocycles. The van der Waals surface area contributed by atoms with Gasteiger partial charge < -0.3 is 14.4 Å². The summed E-state index contributed by atoms with van der Waals surface area (Å²) in [6, 6.07) is 12.3. The van der Waals surface area contributed by atoms with Gasteiger partial charge in [0.25, 0.3) is 5.91 Å². The van der Waals surface area contributed by atoms with Crippen LogP contribution in [0.1, 0.15) is 32.8 Å². The van der Waals surface area contributed by atoms with E-state index in [0.717, 1.165) is 12.1 Å². The van der Waals surface area contributed by atoms with Gasteiger partial charge in [-0.3, -0.25) is 4.79 Å². The Hall–Kier alpha value is -2.89. The molecule has 25 heavy (non-hydrogen) atoms. The van der Waals surface area contributed by atoms with Crippen LogP contribution >= 0.6 is 0 Å². The van der Waals surface area contributed by atoms with Gasteiger partial charge >= 0.3 is 5.97 Å². The van der Waals surface area contributed by atoms with Gasteiger partial charge in [-0.05, 0) is 25.1 Å². The number of aromatic nitrogens is 1. The Balaban J connectivity index is 1.70. The Kier molecular flexibility index (Phi) is 4.97. The van der Waals surface area contributed by atoms with Gasteiger partial charge in [0.15, 0.2) is 0 Å². The third kappa shape index (κ3) is 3.79. The second-order valence-electron chi connectivity index (χ2n) is 5.93. The molecule has 0 spiro atoms. The fraction of sp³-hybridized carbons (Fsp3) is 0.316. The number of hydrogen-bond donors (Lipinski definition) is 0. The number of methoxy groups -OCH3 is 1. The van der Waals surface area contributed by atoms with Crippen LogP contribution in [0.3, 0.4) is 0 Å². The number of nitrogens with zero attached hydrogens (tertiary/aromatic N) is 2. The Bertz CT molecular complexity index is 790. The summed E-state index contributed by atoms with van der Waals surface area (Å²) in [6.07, 6.45) is 0.616. The summed E-state index contributed by atoms with van der Waals surface area (Å²) in [6.45, 7) is 2.94. The molecule has 130 valence electrons. The van der Waals surface area contributed by atoms with Gasteiger partial charge in [-0.1, -0.05) is 18.2 Å². The van der Waals surface area contributed by atoms with Crippen molar-refractivity contribution in [1.82, 2.24) is 9.88 Å². The van der Waals surface area contributed by atoms with Crippen molar-refractivity contribution in [2.24, 2.45) is 0 Å². The van der Waals surface area contributed by atoms with Crippen LogP contribution < -0.4 is 4.74 Å². The number of esters is 1. The number of likely N-dealkylation sites (tertiary alicyclic amines) is 1. The molecule has 1 aliphatic heterocycles. The van der Waals surface area contributed by atoms with Crippen molar-refractivity contribution < 1.29 is 19.1 Å². The fourth-order valence-electron chi connectivity index (χ4n) is 2.89. The van der Waals surface area contributed by atoms with Crippen molar-refractivity contribution in [1.29, 1.82) is 0 Å². The summed E-state index contributed by atoms with van der Waals surface area (Å²) in [5.74, 6) is -0.140. The SMILES string of the molecule is COC(=O)c1ccccc1C(=O)N1CC[C@H](Oc2cccc(C)n2)C1. The molecule has 2 aromatic rings. The third-order valence-corrected chi connectivity index (χ3v) is 4.15. The number of ether oxygens (including phenoxy) is 2. The van der Waals surface area contributed by atoms with Crippen LogP contribution in [-0.2, 0) is 4.74 Å². The smallest absolute Gasteiger partial charge is 0.338 e. The third-order valence-electron chi connectivity index (χ3n) is 4.15. The van der Waals surface area contributed by atoms with Crippen LogP contribution in [0, 0.1) is 6.92 Å². The highest BCUT2D eigenvalue weighted by atomic mass is 16.5. The molecule has 0 radical (unpaired) electrons. The minimum Gasteiger partial charge on any atom is -0.472 e. The van der Waals surface area contributed by atoms with Crippen molar-refractivity contribution in [3.8, 4) is 5.88 Å². The lowest BCUT2D eigenvalue weighted by Crippen LogP contribution is -2.32. The number of hydrogen-bond acceptors (Lipinski definition) is 5. The van der Waals surface area contributed by atoms with E-state index in [2.05, 4.69) is 4.98 Å². The summed E-state index contributed by atoms with van der Waals surface area (Å²) in [5, 5.41) is 0. The molecule has 0 saturated carbocycles. The highest BCUT2D eigenvalue weighted by molar-refractivity contribution is 6.05. The number of carbonyl (C=O) groups is 2. The number of benzene rings is 1. The minimum atomic E-state index is -0.514. The van der Waals surface area contributed by atoms with E-state index < -0.39 is 5.97 Å². The molecular formula is C19H20N2O4. The van der Waals surface area contributed by atoms with Crippen LogP contribution in [0.5, 0.6) is 5.88 Å². The number of amides is 1. The molecule has 1 amide bonds. The van der Waals surface area contributed by atoms with Crippen molar-refractivity contribution in [3.63, 3.8) is 0 Å². The molecular weight excluding hydrogens is 320 g/mol. The lowest BCUT2D eigenvalue weighted by molar-refractivity contribution is 0.0591. The van der Waals surface area contributed by atoms with E-state index in [1.807, 2.05) is 25.1 Å². The summed E-state index contributed by atoms with van der Waals surface area (Å²) < 4.78 is 10.6. The molecule has 6 nitrogen and oxygen atoms in total. The first-order valence-electron chi connectivity index (χ1n) is 8.15. The second-order valence-corrected chi connectivity index (χ2v) is 5.93. The number of pyridine rings is 1. The first-order valence-corrected chi connectivity index (χ1v) is 8.15. The molecule has 0 N–H and O–H groups in total. The molecule has 0 unspecified atom stereocenters. The lowest BCUT2D eigenvalue weighted by atomic mass is 10.1. The summed E-state index contributed by atoms with van der Waals surface area (Å²) in [4.78, 5) is 30.7. The number of carbonyl (C=O) groups excluding carboxylic acids is 2. The number of aryl methyl sites for hydroxylation is 1.